The van der Waals surface area contributed by atoms with E-state index >= 15 is 0 Å². The second kappa shape index (κ2) is 14.3. The molecular formula is C36H44ClN5OP+. The minimum absolute atomic E-state index is 0.234. The van der Waals surface area contributed by atoms with Crippen molar-refractivity contribution in [3.05, 3.63) is 121 Å². The van der Waals surface area contributed by atoms with Crippen LogP contribution in [-0.2, 0) is 0 Å². The molecule has 0 saturated carbocycles. The monoisotopic (exact) mass is 628 g/mol. The van der Waals surface area contributed by atoms with Gasteiger partial charge in [0.05, 0.1) is 14.1 Å². The summed E-state index contributed by atoms with van der Waals surface area (Å²) in [5, 5.41) is 10.1. The van der Waals surface area contributed by atoms with Crippen molar-refractivity contribution >= 4 is 45.0 Å². The molecule has 4 aromatic carbocycles. The van der Waals surface area contributed by atoms with Gasteiger partial charge in [0.25, 0.3) is 5.96 Å². The number of aliphatic imine (C=N–C) groups is 1. The van der Waals surface area contributed by atoms with Gasteiger partial charge in [-0.25, -0.2) is 5.32 Å². The SMILES string of the molecule is C[N+](C)=C1NC(N)=NC(c2ccc(OCCCCCCCP(Cl)(c3ccccc3)(c3ccccc3)c3ccccc3)cc2)N1. The van der Waals surface area contributed by atoms with E-state index in [0.717, 1.165) is 55.5 Å². The van der Waals surface area contributed by atoms with Crippen LogP contribution < -0.4 is 37.0 Å². The number of unbranched alkanes of at least 4 members (excludes halogenated alkanes) is 4. The fourth-order valence-electron chi connectivity index (χ4n) is 5.92. The number of nitrogens with two attached hydrogens (primary N) is 1. The van der Waals surface area contributed by atoms with Crippen LogP contribution in [0.4, 0.5) is 0 Å². The van der Waals surface area contributed by atoms with Crippen molar-refractivity contribution in [3.63, 3.8) is 0 Å². The number of guanidine groups is 2. The smallest absolute Gasteiger partial charge is 0.251 e. The van der Waals surface area contributed by atoms with E-state index in [2.05, 4.69) is 107 Å². The summed E-state index contributed by atoms with van der Waals surface area (Å²) in [6.07, 6.45) is 6.17. The van der Waals surface area contributed by atoms with Crippen LogP contribution in [0, 0.1) is 0 Å². The predicted molar refractivity (Wildman–Crippen MR) is 189 cm³/mol. The molecule has 1 aliphatic heterocycles. The van der Waals surface area contributed by atoms with E-state index < -0.39 is 5.96 Å². The number of benzene rings is 4. The molecule has 44 heavy (non-hydrogen) atoms. The Morgan fingerprint density at radius 2 is 1.23 bits per heavy atom. The topological polar surface area (TPSA) is 74.7 Å². The van der Waals surface area contributed by atoms with Gasteiger partial charge in [-0.1, -0.05) is 0 Å². The van der Waals surface area contributed by atoms with Gasteiger partial charge in [-0.05, 0) is 0 Å². The molecule has 0 aliphatic carbocycles. The number of nitrogens with one attached hydrogen (secondary N) is 2. The van der Waals surface area contributed by atoms with E-state index in [1.165, 1.54) is 15.9 Å². The molecule has 0 saturated heterocycles. The van der Waals surface area contributed by atoms with Crippen molar-refractivity contribution in [2.75, 3.05) is 26.9 Å². The average Bonchev–Trinajstić information content (AvgIpc) is 3.07. The molecule has 4 aromatic rings. The van der Waals surface area contributed by atoms with Crippen LogP contribution in [-0.4, -0.2) is 43.4 Å². The summed E-state index contributed by atoms with van der Waals surface area (Å²) in [5.41, 5.74) is 7.00. The zero-order valence-electron chi connectivity index (χ0n) is 25.7. The number of hydrogen-bond acceptors (Lipinski definition) is 3. The van der Waals surface area contributed by atoms with Gasteiger partial charge in [-0.2, -0.15) is 4.99 Å². The van der Waals surface area contributed by atoms with Crippen LogP contribution in [0.1, 0.15) is 43.8 Å². The third kappa shape index (κ3) is 6.93. The number of hydrogen-bond donors (Lipinski definition) is 3. The van der Waals surface area contributed by atoms with E-state index in [1.54, 1.807) is 0 Å². The molecule has 1 unspecified atom stereocenters. The van der Waals surface area contributed by atoms with Crippen LogP contribution in [0.15, 0.2) is 120 Å². The Labute approximate surface area is 266 Å². The summed E-state index contributed by atoms with van der Waals surface area (Å²) >= 11 is 8.18. The first kappa shape index (κ1) is 31.6. The predicted octanol–water partition coefficient (Wildman–Crippen LogP) is 5.83. The molecule has 0 amide bonds. The number of nitrogens with zero attached hydrogens (tertiary/aromatic N) is 2. The summed E-state index contributed by atoms with van der Waals surface area (Å²) in [7, 11) is 3.90. The van der Waals surface area contributed by atoms with Gasteiger partial charge in [-0.3, -0.25) is 9.89 Å². The minimum atomic E-state index is -3.17. The molecule has 1 heterocycles. The molecule has 6 nitrogen and oxygen atoms in total. The maximum atomic E-state index is 8.18. The largest absolute Gasteiger partial charge is 0.251 e. The molecule has 1 atom stereocenters. The number of ether oxygens (including phenoxy) is 1. The standard InChI is InChI=1S/C36H43ClN5OP/c1-42(2)36-40-34(39-35(38)41-36)29-23-25-30(26-24-29)43-27-15-4-3-5-16-28-44(37,31-17-9-6-10-18-31,32-19-11-7-12-20-32)33-21-13-8-14-22-33/h6-14,17-26,34H,3-5,15-16,27-28H2,1-2H3,(H3,38,39,40,41)/p+1. The van der Waals surface area contributed by atoms with E-state index in [-0.39, 0.29) is 6.17 Å². The molecule has 5 rings (SSSR count). The Balaban J connectivity index is 1.15. The Bertz CT molecular complexity index is 1460. The summed E-state index contributed by atoms with van der Waals surface area (Å²) in [6.45, 7) is 0.696. The van der Waals surface area contributed by atoms with Gasteiger partial charge >= 0.3 is 215 Å². The van der Waals surface area contributed by atoms with Crippen LogP contribution in [0.5, 0.6) is 5.75 Å². The van der Waals surface area contributed by atoms with Crippen LogP contribution >= 0.6 is 17.2 Å². The van der Waals surface area contributed by atoms with Gasteiger partial charge in [0, 0.05) is 0 Å². The van der Waals surface area contributed by atoms with Crippen LogP contribution in [0.3, 0.4) is 0 Å². The quantitative estimate of drug-likeness (QED) is 0.0989. The Morgan fingerprint density at radius 3 is 1.75 bits per heavy atom. The summed E-state index contributed by atoms with van der Waals surface area (Å²) in [5.74, 6) is -1.09. The molecule has 230 valence electrons. The fourth-order valence-corrected chi connectivity index (χ4v) is 12.2. The molecular weight excluding hydrogens is 585 g/mol. The first-order valence-corrected chi connectivity index (χ1v) is 18.7. The second-order valence-electron chi connectivity index (χ2n) is 11.5. The number of halogens is 1. The summed E-state index contributed by atoms with van der Waals surface area (Å²) in [6, 6.07) is 40.3. The molecule has 0 bridgehead atoms. The van der Waals surface area contributed by atoms with Crippen molar-refractivity contribution < 1.29 is 9.31 Å². The zero-order chi connectivity index (χ0) is 30.9. The summed E-state index contributed by atoms with van der Waals surface area (Å²) < 4.78 is 8.00. The van der Waals surface area contributed by atoms with Crippen molar-refractivity contribution in [1.29, 1.82) is 0 Å². The first-order chi connectivity index (χ1) is 21.4. The van der Waals surface area contributed by atoms with Crippen molar-refractivity contribution in [3.8, 4) is 5.75 Å². The maximum absolute atomic E-state index is 8.18. The third-order valence-corrected chi connectivity index (χ3v) is 15.9. The van der Waals surface area contributed by atoms with Crippen LogP contribution in [0.2, 0.25) is 0 Å². The Kier molecular flexibility index (Phi) is 10.2. The normalized spacial score (nSPS) is 15.7. The molecule has 4 N–H and O–H groups in total. The van der Waals surface area contributed by atoms with E-state index in [9.17, 15) is 0 Å². The van der Waals surface area contributed by atoms with Crippen molar-refractivity contribution in [1.82, 2.24) is 10.6 Å². The minimum Gasteiger partial charge on any atom is -0.251 e. The zero-order valence-corrected chi connectivity index (χ0v) is 27.4. The molecule has 1 aliphatic rings. The molecule has 0 spiro atoms. The Morgan fingerprint density at radius 1 is 0.727 bits per heavy atom. The Hall–Kier alpha value is -3.86. The van der Waals surface area contributed by atoms with Gasteiger partial charge < -0.3 is 5.73 Å². The third-order valence-electron chi connectivity index (χ3n) is 8.31. The molecule has 0 aromatic heterocycles. The second-order valence-corrected chi connectivity index (χ2v) is 18.1. The van der Waals surface area contributed by atoms with Crippen LogP contribution in [0.25, 0.3) is 0 Å². The molecule has 8 heteroatoms. The fraction of sp³-hybridized carbons (Fsp3) is 0.278. The van der Waals surface area contributed by atoms with Crippen molar-refractivity contribution in [2.24, 2.45) is 10.7 Å². The average molecular weight is 629 g/mol. The van der Waals surface area contributed by atoms with E-state index in [1.807, 2.05) is 42.9 Å². The van der Waals surface area contributed by atoms with Crippen molar-refractivity contribution in [2.45, 2.75) is 38.3 Å². The van der Waals surface area contributed by atoms with E-state index in [0.29, 0.717) is 12.6 Å². The first-order valence-electron chi connectivity index (χ1n) is 15.4. The summed E-state index contributed by atoms with van der Waals surface area (Å²) in [4.78, 5) is 4.47. The maximum Gasteiger partial charge on any atom is -0.251 e. The molecule has 0 radical (unpaired) electrons. The molecule has 0 fully saturated rings. The van der Waals surface area contributed by atoms with E-state index in [4.69, 9.17) is 21.7 Å². The van der Waals surface area contributed by atoms with Gasteiger partial charge in [0.2, 0.25) is 0 Å². The van der Waals surface area contributed by atoms with Gasteiger partial charge in [-0.15, -0.1) is 0 Å². The van der Waals surface area contributed by atoms with Gasteiger partial charge in [0.1, 0.15) is 0 Å². The van der Waals surface area contributed by atoms with Gasteiger partial charge in [0.15, 0.2) is 6.17 Å². The number of rotatable bonds is 13.